The quantitative estimate of drug-likeness (QED) is 0.203. The van der Waals surface area contributed by atoms with Crippen LogP contribution in [-0.2, 0) is 0 Å². The lowest BCUT2D eigenvalue weighted by Gasteiger charge is -2.12. The molecule has 0 unspecified atom stereocenters. The van der Waals surface area contributed by atoms with E-state index in [-0.39, 0.29) is 0 Å². The van der Waals surface area contributed by atoms with Crippen LogP contribution in [-0.4, -0.2) is 0 Å². The van der Waals surface area contributed by atoms with Gasteiger partial charge in [-0.2, -0.15) is 0 Å². The Morgan fingerprint density at radius 3 is 1.97 bits per heavy atom. The predicted octanol–water partition coefficient (Wildman–Crippen LogP) is 8.78. The van der Waals surface area contributed by atoms with Crippen LogP contribution in [0.4, 0.5) is 0 Å². The van der Waals surface area contributed by atoms with E-state index in [1.807, 2.05) is 0 Å². The number of benzene rings is 6. The molecule has 0 radical (unpaired) electrons. The van der Waals surface area contributed by atoms with Gasteiger partial charge in [-0.25, -0.2) is 0 Å². The fourth-order valence-corrected chi connectivity index (χ4v) is 4.71. The summed E-state index contributed by atoms with van der Waals surface area (Å²) in [7, 11) is 0. The van der Waals surface area contributed by atoms with E-state index in [0.717, 1.165) is 0 Å². The Morgan fingerprint density at radius 2 is 1.13 bits per heavy atom. The van der Waals surface area contributed by atoms with Gasteiger partial charge >= 0.3 is 0 Å². The second-order valence-corrected chi connectivity index (χ2v) is 8.30. The van der Waals surface area contributed by atoms with Gasteiger partial charge in [0.25, 0.3) is 0 Å². The maximum atomic E-state index is 2.37. The summed E-state index contributed by atoms with van der Waals surface area (Å²) in [6.07, 6.45) is 4.48. The number of aryl methyl sites for hydroxylation is 1. The van der Waals surface area contributed by atoms with Crippen LogP contribution < -0.4 is 0 Å². The fourth-order valence-electron chi connectivity index (χ4n) is 4.71. The molecule has 0 heteroatoms. The van der Waals surface area contributed by atoms with Crippen LogP contribution >= 0.6 is 0 Å². The highest BCUT2D eigenvalue weighted by molar-refractivity contribution is 6.25. The molecule has 0 aliphatic heterocycles. The Kier molecular flexibility index (Phi) is 4.11. The summed E-state index contributed by atoms with van der Waals surface area (Å²) in [6, 6.07) is 37.5. The van der Waals surface area contributed by atoms with Gasteiger partial charge in [0.15, 0.2) is 0 Å². The molecule has 0 nitrogen and oxygen atoms in total. The smallest absolute Gasteiger partial charge is 0.00264 e. The molecule has 0 saturated heterocycles. The first-order valence-electron chi connectivity index (χ1n) is 10.8. The van der Waals surface area contributed by atoms with Crippen molar-refractivity contribution in [2.24, 2.45) is 0 Å². The van der Waals surface area contributed by atoms with Crippen LogP contribution in [0.5, 0.6) is 0 Å². The standard InChI is InChI=1S/C31H22/c1-21-10-12-22(13-11-21)14-15-25-20-30-29(28-9-5-4-7-26(25)28)19-18-24-17-16-23-6-2-3-8-27(23)31(24)30/h2-20H,1H3/b15-14+. The highest BCUT2D eigenvalue weighted by Gasteiger charge is 2.10. The van der Waals surface area contributed by atoms with Crippen molar-refractivity contribution in [1.29, 1.82) is 0 Å². The summed E-state index contributed by atoms with van der Waals surface area (Å²) in [5, 5.41) is 10.4. The first-order valence-corrected chi connectivity index (χ1v) is 10.8. The summed E-state index contributed by atoms with van der Waals surface area (Å²) in [5.74, 6) is 0. The maximum absolute atomic E-state index is 2.37. The minimum absolute atomic E-state index is 1.22. The molecule has 0 aromatic heterocycles. The summed E-state index contributed by atoms with van der Waals surface area (Å²) in [5.41, 5.74) is 3.76. The van der Waals surface area contributed by atoms with E-state index in [2.05, 4.69) is 122 Å². The number of rotatable bonds is 2. The van der Waals surface area contributed by atoms with E-state index >= 15 is 0 Å². The molecule has 0 atom stereocenters. The normalized spacial score (nSPS) is 11.9. The molecule has 6 aromatic carbocycles. The van der Waals surface area contributed by atoms with Gasteiger partial charge in [0, 0.05) is 0 Å². The molecule has 0 N–H and O–H groups in total. The van der Waals surface area contributed by atoms with Gasteiger partial charge in [0.2, 0.25) is 0 Å². The summed E-state index contributed by atoms with van der Waals surface area (Å²) in [6.45, 7) is 2.12. The van der Waals surface area contributed by atoms with Crippen LogP contribution in [0.2, 0.25) is 0 Å². The third kappa shape index (κ3) is 3.00. The van der Waals surface area contributed by atoms with E-state index in [4.69, 9.17) is 0 Å². The SMILES string of the molecule is Cc1ccc(/C=C/c2cc3c(ccc4ccc5ccccc5c43)c3ccccc23)cc1. The van der Waals surface area contributed by atoms with Crippen LogP contribution in [0.25, 0.3) is 55.2 Å². The Labute approximate surface area is 182 Å². The van der Waals surface area contributed by atoms with E-state index in [1.54, 1.807) is 0 Å². The van der Waals surface area contributed by atoms with E-state index in [9.17, 15) is 0 Å². The molecular formula is C31H22. The first kappa shape index (κ1) is 17.9. The van der Waals surface area contributed by atoms with Gasteiger partial charge in [-0.3, -0.25) is 0 Å². The second kappa shape index (κ2) is 7.11. The van der Waals surface area contributed by atoms with E-state index < -0.39 is 0 Å². The average molecular weight is 395 g/mol. The van der Waals surface area contributed by atoms with Crippen molar-refractivity contribution in [1.82, 2.24) is 0 Å². The highest BCUT2D eigenvalue weighted by atomic mass is 14.1. The number of fused-ring (bicyclic) bond motifs is 7. The minimum atomic E-state index is 1.22. The molecule has 31 heavy (non-hydrogen) atoms. The summed E-state index contributed by atoms with van der Waals surface area (Å²) in [4.78, 5) is 0. The zero-order chi connectivity index (χ0) is 20.8. The third-order valence-electron chi connectivity index (χ3n) is 6.31. The van der Waals surface area contributed by atoms with Gasteiger partial charge in [-0.1, -0.05) is 115 Å². The van der Waals surface area contributed by atoms with Crippen molar-refractivity contribution in [3.63, 3.8) is 0 Å². The van der Waals surface area contributed by atoms with Crippen molar-refractivity contribution < 1.29 is 0 Å². The minimum Gasteiger partial charge on any atom is -0.0616 e. The lowest BCUT2D eigenvalue weighted by Crippen LogP contribution is -1.86. The van der Waals surface area contributed by atoms with Crippen LogP contribution in [0.3, 0.4) is 0 Å². The molecule has 6 rings (SSSR count). The van der Waals surface area contributed by atoms with Crippen LogP contribution in [0.15, 0.2) is 103 Å². The molecule has 0 aliphatic rings. The van der Waals surface area contributed by atoms with Gasteiger partial charge in [-0.05, 0) is 67.2 Å². The Bertz CT molecular complexity index is 1620. The zero-order valence-electron chi connectivity index (χ0n) is 17.5. The predicted molar refractivity (Wildman–Crippen MR) is 137 cm³/mol. The first-order chi connectivity index (χ1) is 15.3. The molecule has 0 fully saturated rings. The van der Waals surface area contributed by atoms with Gasteiger partial charge in [0.05, 0.1) is 0 Å². The van der Waals surface area contributed by atoms with Crippen molar-refractivity contribution in [3.8, 4) is 0 Å². The molecule has 0 spiro atoms. The van der Waals surface area contributed by atoms with Crippen molar-refractivity contribution in [2.75, 3.05) is 0 Å². The summed E-state index contributed by atoms with van der Waals surface area (Å²) < 4.78 is 0. The molecule has 146 valence electrons. The Balaban J connectivity index is 1.70. The van der Waals surface area contributed by atoms with Crippen molar-refractivity contribution in [3.05, 3.63) is 120 Å². The second-order valence-electron chi connectivity index (χ2n) is 8.30. The largest absolute Gasteiger partial charge is 0.0616 e. The molecule has 0 amide bonds. The Hall–Kier alpha value is -3.90. The molecule has 6 aromatic rings. The fraction of sp³-hybridized carbons (Fsp3) is 0.0323. The van der Waals surface area contributed by atoms with Crippen LogP contribution in [0, 0.1) is 6.92 Å². The molecule has 0 saturated carbocycles. The maximum Gasteiger partial charge on any atom is -0.00264 e. The van der Waals surface area contributed by atoms with Crippen molar-refractivity contribution >= 4 is 55.2 Å². The highest BCUT2D eigenvalue weighted by Crippen LogP contribution is 2.37. The molecular weight excluding hydrogens is 372 g/mol. The average Bonchev–Trinajstić information content (AvgIpc) is 2.83. The van der Waals surface area contributed by atoms with Crippen molar-refractivity contribution in [2.45, 2.75) is 6.92 Å². The third-order valence-corrected chi connectivity index (χ3v) is 6.31. The molecule has 0 aliphatic carbocycles. The van der Waals surface area contributed by atoms with E-state index in [0.29, 0.717) is 0 Å². The number of hydrogen-bond acceptors (Lipinski definition) is 0. The van der Waals surface area contributed by atoms with Gasteiger partial charge < -0.3 is 0 Å². The van der Waals surface area contributed by atoms with E-state index in [1.165, 1.54) is 59.8 Å². The lowest BCUT2D eigenvalue weighted by molar-refractivity contribution is 1.46. The summed E-state index contributed by atoms with van der Waals surface area (Å²) >= 11 is 0. The molecule has 0 bridgehead atoms. The lowest BCUT2D eigenvalue weighted by atomic mass is 9.91. The topological polar surface area (TPSA) is 0 Å². The zero-order valence-corrected chi connectivity index (χ0v) is 17.5. The molecule has 0 heterocycles. The van der Waals surface area contributed by atoms with Gasteiger partial charge in [-0.15, -0.1) is 0 Å². The number of hydrogen-bond donors (Lipinski definition) is 0. The monoisotopic (exact) mass is 394 g/mol. The van der Waals surface area contributed by atoms with Crippen LogP contribution in [0.1, 0.15) is 16.7 Å². The Morgan fingerprint density at radius 1 is 0.484 bits per heavy atom. The van der Waals surface area contributed by atoms with Gasteiger partial charge in [0.1, 0.15) is 0 Å².